The predicted octanol–water partition coefficient (Wildman–Crippen LogP) is 0.916. The number of carbonyl (C=O) groups is 1. The van der Waals surface area contributed by atoms with Gasteiger partial charge in [0.25, 0.3) is 5.56 Å². The van der Waals surface area contributed by atoms with Gasteiger partial charge in [0.05, 0.1) is 17.2 Å². The summed E-state index contributed by atoms with van der Waals surface area (Å²) in [6.45, 7) is 1.18. The Bertz CT molecular complexity index is 689. The molecule has 0 spiro atoms. The second-order valence-electron chi connectivity index (χ2n) is 4.29. The van der Waals surface area contributed by atoms with E-state index in [1.807, 2.05) is 13.1 Å². The standard InChI is InChI=1S/C13H15BrN4O2.ClH/c1-15-4-5-16-12(19)7-18-8-17-11-3-2-9(14)6-10(11)13(18)20;/h2-3,6,8,15H,4-5,7H2,1H3,(H,16,19);1H. The summed E-state index contributed by atoms with van der Waals surface area (Å²) in [6, 6.07) is 5.29. The smallest absolute Gasteiger partial charge is 0.261 e. The van der Waals surface area contributed by atoms with E-state index in [1.165, 1.54) is 10.9 Å². The Hall–Kier alpha value is -1.44. The zero-order valence-corrected chi connectivity index (χ0v) is 13.8. The molecule has 1 heterocycles. The fourth-order valence-electron chi connectivity index (χ4n) is 1.78. The van der Waals surface area contributed by atoms with Crippen LogP contribution in [0.4, 0.5) is 0 Å². The van der Waals surface area contributed by atoms with Crippen LogP contribution >= 0.6 is 28.3 Å². The minimum Gasteiger partial charge on any atom is -0.353 e. The van der Waals surface area contributed by atoms with Crippen LogP contribution in [0.2, 0.25) is 0 Å². The minimum absolute atomic E-state index is 0. The third kappa shape index (κ3) is 4.52. The zero-order valence-electron chi connectivity index (χ0n) is 11.4. The molecule has 0 aliphatic heterocycles. The molecular formula is C13H16BrClN4O2. The molecule has 21 heavy (non-hydrogen) atoms. The molecule has 0 aliphatic carbocycles. The monoisotopic (exact) mass is 374 g/mol. The summed E-state index contributed by atoms with van der Waals surface area (Å²) in [4.78, 5) is 28.1. The van der Waals surface area contributed by atoms with Gasteiger partial charge in [-0.25, -0.2) is 4.98 Å². The highest BCUT2D eigenvalue weighted by Gasteiger charge is 2.08. The Morgan fingerprint density at radius 2 is 2.14 bits per heavy atom. The molecule has 0 unspecified atom stereocenters. The van der Waals surface area contributed by atoms with Crippen molar-refractivity contribution in [3.63, 3.8) is 0 Å². The SMILES string of the molecule is CNCCNC(=O)Cn1cnc2ccc(Br)cc2c1=O.Cl. The number of halogens is 2. The molecule has 1 aromatic carbocycles. The van der Waals surface area contributed by atoms with Crippen molar-refractivity contribution >= 4 is 45.1 Å². The second-order valence-corrected chi connectivity index (χ2v) is 5.21. The van der Waals surface area contributed by atoms with Gasteiger partial charge in [-0.1, -0.05) is 15.9 Å². The molecule has 2 rings (SSSR count). The van der Waals surface area contributed by atoms with Crippen molar-refractivity contribution in [1.29, 1.82) is 0 Å². The molecule has 0 atom stereocenters. The predicted molar refractivity (Wildman–Crippen MR) is 87.9 cm³/mol. The number of hydrogen-bond acceptors (Lipinski definition) is 4. The maximum absolute atomic E-state index is 12.3. The molecule has 8 heteroatoms. The van der Waals surface area contributed by atoms with E-state index in [4.69, 9.17) is 0 Å². The third-order valence-corrected chi connectivity index (χ3v) is 3.29. The van der Waals surface area contributed by atoms with Crippen molar-refractivity contribution in [3.8, 4) is 0 Å². The summed E-state index contributed by atoms with van der Waals surface area (Å²) in [5, 5.41) is 6.14. The molecule has 0 radical (unpaired) electrons. The lowest BCUT2D eigenvalue weighted by atomic mass is 10.2. The van der Waals surface area contributed by atoms with Crippen LogP contribution in [0, 0.1) is 0 Å². The minimum atomic E-state index is -0.222. The van der Waals surface area contributed by atoms with Gasteiger partial charge in [0, 0.05) is 17.6 Å². The molecule has 6 nitrogen and oxygen atoms in total. The van der Waals surface area contributed by atoms with Crippen LogP contribution in [0.5, 0.6) is 0 Å². The van der Waals surface area contributed by atoms with Crippen molar-refractivity contribution in [1.82, 2.24) is 20.2 Å². The van der Waals surface area contributed by atoms with Crippen LogP contribution in [-0.2, 0) is 11.3 Å². The highest BCUT2D eigenvalue weighted by Crippen LogP contribution is 2.14. The molecule has 2 aromatic rings. The molecule has 114 valence electrons. The summed E-state index contributed by atoms with van der Waals surface area (Å²) in [7, 11) is 1.81. The van der Waals surface area contributed by atoms with Crippen LogP contribution in [0.1, 0.15) is 0 Å². The summed E-state index contributed by atoms with van der Waals surface area (Å²) in [5.41, 5.74) is 0.394. The third-order valence-electron chi connectivity index (χ3n) is 2.80. The van der Waals surface area contributed by atoms with Crippen molar-refractivity contribution < 1.29 is 4.79 Å². The first kappa shape index (κ1) is 17.6. The Morgan fingerprint density at radius 3 is 2.86 bits per heavy atom. The van der Waals surface area contributed by atoms with Crippen molar-refractivity contribution in [2.45, 2.75) is 6.54 Å². The average molecular weight is 376 g/mol. The van der Waals surface area contributed by atoms with Gasteiger partial charge in [0.15, 0.2) is 0 Å². The average Bonchev–Trinajstić information content (AvgIpc) is 2.43. The van der Waals surface area contributed by atoms with Crippen LogP contribution in [0.25, 0.3) is 10.9 Å². The van der Waals surface area contributed by atoms with Gasteiger partial charge in [-0.05, 0) is 25.2 Å². The van der Waals surface area contributed by atoms with E-state index in [0.717, 1.165) is 4.47 Å². The normalized spacial score (nSPS) is 10.2. The number of rotatable bonds is 5. The molecule has 0 fully saturated rings. The molecule has 0 saturated carbocycles. The Balaban J connectivity index is 0.00000220. The zero-order chi connectivity index (χ0) is 14.5. The topological polar surface area (TPSA) is 76.0 Å². The quantitative estimate of drug-likeness (QED) is 0.762. The number of nitrogens with zero attached hydrogens (tertiary/aromatic N) is 2. The Labute approximate surface area is 136 Å². The molecule has 0 saturated heterocycles. The highest BCUT2D eigenvalue weighted by molar-refractivity contribution is 9.10. The van der Waals surface area contributed by atoms with Gasteiger partial charge < -0.3 is 10.6 Å². The van der Waals surface area contributed by atoms with E-state index in [1.54, 1.807) is 12.1 Å². The number of hydrogen-bond donors (Lipinski definition) is 2. The molecule has 0 bridgehead atoms. The first-order chi connectivity index (χ1) is 9.61. The van der Waals surface area contributed by atoms with Crippen LogP contribution in [0.3, 0.4) is 0 Å². The number of likely N-dealkylation sites (N-methyl/N-ethyl adjacent to an activating group) is 1. The van der Waals surface area contributed by atoms with E-state index in [2.05, 4.69) is 31.5 Å². The van der Waals surface area contributed by atoms with Crippen molar-refractivity contribution in [2.75, 3.05) is 20.1 Å². The van der Waals surface area contributed by atoms with Crippen LogP contribution < -0.4 is 16.2 Å². The molecule has 0 aliphatic rings. The maximum atomic E-state index is 12.3. The number of fused-ring (bicyclic) bond motifs is 1. The largest absolute Gasteiger partial charge is 0.353 e. The molecule has 1 amide bonds. The van der Waals surface area contributed by atoms with Crippen LogP contribution in [0.15, 0.2) is 33.8 Å². The summed E-state index contributed by atoms with van der Waals surface area (Å²) in [5.74, 6) is -0.210. The fourth-order valence-corrected chi connectivity index (χ4v) is 2.14. The van der Waals surface area contributed by atoms with Crippen LogP contribution in [-0.4, -0.2) is 35.6 Å². The van der Waals surface area contributed by atoms with Gasteiger partial charge in [0.1, 0.15) is 6.54 Å². The first-order valence-corrected chi connectivity index (χ1v) is 6.97. The highest BCUT2D eigenvalue weighted by atomic mass is 79.9. The van der Waals surface area contributed by atoms with E-state index in [0.29, 0.717) is 24.0 Å². The summed E-state index contributed by atoms with van der Waals surface area (Å²) >= 11 is 3.32. The lowest BCUT2D eigenvalue weighted by Gasteiger charge is -2.07. The Morgan fingerprint density at radius 1 is 1.38 bits per heavy atom. The summed E-state index contributed by atoms with van der Waals surface area (Å²) < 4.78 is 2.11. The number of nitrogens with one attached hydrogen (secondary N) is 2. The van der Waals surface area contributed by atoms with Crippen molar-refractivity contribution in [3.05, 3.63) is 39.4 Å². The van der Waals surface area contributed by atoms with E-state index in [9.17, 15) is 9.59 Å². The van der Waals surface area contributed by atoms with E-state index >= 15 is 0 Å². The van der Waals surface area contributed by atoms with Gasteiger partial charge in [0.2, 0.25) is 5.91 Å². The second kappa shape index (κ2) is 8.11. The fraction of sp³-hybridized carbons (Fsp3) is 0.308. The first-order valence-electron chi connectivity index (χ1n) is 6.18. The van der Waals surface area contributed by atoms with E-state index in [-0.39, 0.29) is 30.4 Å². The van der Waals surface area contributed by atoms with Crippen molar-refractivity contribution in [2.24, 2.45) is 0 Å². The molecule has 1 aromatic heterocycles. The number of amides is 1. The van der Waals surface area contributed by atoms with Gasteiger partial charge in [-0.3, -0.25) is 14.2 Å². The summed E-state index contributed by atoms with van der Waals surface area (Å²) in [6.07, 6.45) is 1.40. The number of benzene rings is 1. The molecule has 2 N–H and O–H groups in total. The van der Waals surface area contributed by atoms with Gasteiger partial charge in [-0.2, -0.15) is 0 Å². The lowest BCUT2D eigenvalue weighted by molar-refractivity contribution is -0.121. The Kier molecular flexibility index (Phi) is 6.80. The van der Waals surface area contributed by atoms with Gasteiger partial charge >= 0.3 is 0 Å². The van der Waals surface area contributed by atoms with E-state index < -0.39 is 0 Å². The lowest BCUT2D eigenvalue weighted by Crippen LogP contribution is -2.35. The number of aromatic nitrogens is 2. The molecular weight excluding hydrogens is 360 g/mol. The van der Waals surface area contributed by atoms with Gasteiger partial charge in [-0.15, -0.1) is 12.4 Å². The maximum Gasteiger partial charge on any atom is 0.261 e. The number of carbonyl (C=O) groups excluding carboxylic acids is 1.